The van der Waals surface area contributed by atoms with Crippen molar-refractivity contribution in [3.63, 3.8) is 0 Å². The van der Waals surface area contributed by atoms with E-state index < -0.39 is 0 Å². The van der Waals surface area contributed by atoms with E-state index in [-0.39, 0.29) is 5.82 Å². The summed E-state index contributed by atoms with van der Waals surface area (Å²) >= 11 is 3.42. The summed E-state index contributed by atoms with van der Waals surface area (Å²) in [6, 6.07) is 4.62. The molecule has 0 aliphatic rings. The van der Waals surface area contributed by atoms with Crippen molar-refractivity contribution in [2.75, 3.05) is 11.9 Å². The van der Waals surface area contributed by atoms with Gasteiger partial charge < -0.3 is 5.32 Å². The van der Waals surface area contributed by atoms with Gasteiger partial charge in [-0.25, -0.2) is 14.4 Å². The van der Waals surface area contributed by atoms with Crippen LogP contribution in [0.3, 0.4) is 0 Å². The van der Waals surface area contributed by atoms with Gasteiger partial charge in [-0.3, -0.25) is 0 Å². The van der Waals surface area contributed by atoms with Crippen molar-refractivity contribution in [2.24, 2.45) is 0 Å². The summed E-state index contributed by atoms with van der Waals surface area (Å²) in [5.41, 5.74) is 1.66. The molecule has 0 saturated heterocycles. The van der Waals surface area contributed by atoms with Crippen LogP contribution in [0, 0.1) is 12.7 Å². The first-order valence-corrected chi connectivity index (χ1v) is 6.94. The SMILES string of the molecule is CCCNc1nc(-c2ccc(F)cc2C)ncc1Br. The van der Waals surface area contributed by atoms with Gasteiger partial charge in [-0.15, -0.1) is 0 Å². The van der Waals surface area contributed by atoms with E-state index in [0.717, 1.165) is 34.4 Å². The molecule has 2 aromatic rings. The van der Waals surface area contributed by atoms with Crippen molar-refractivity contribution in [1.82, 2.24) is 9.97 Å². The molecule has 1 aromatic heterocycles. The molecule has 0 unspecified atom stereocenters. The topological polar surface area (TPSA) is 37.8 Å². The molecule has 0 radical (unpaired) electrons. The first-order chi connectivity index (χ1) is 9.11. The highest BCUT2D eigenvalue weighted by atomic mass is 79.9. The minimum absolute atomic E-state index is 0.248. The van der Waals surface area contributed by atoms with E-state index in [9.17, 15) is 4.39 Å². The minimum atomic E-state index is -0.248. The van der Waals surface area contributed by atoms with Crippen LogP contribution in [0.25, 0.3) is 11.4 Å². The lowest BCUT2D eigenvalue weighted by molar-refractivity contribution is 0.627. The number of halogens is 2. The predicted octanol–water partition coefficient (Wildman–Crippen LogP) is 4.18. The highest BCUT2D eigenvalue weighted by Crippen LogP contribution is 2.25. The molecule has 5 heteroatoms. The molecule has 1 heterocycles. The Morgan fingerprint density at radius 1 is 1.37 bits per heavy atom. The summed E-state index contributed by atoms with van der Waals surface area (Å²) in [4.78, 5) is 8.77. The van der Waals surface area contributed by atoms with Gasteiger partial charge in [0.25, 0.3) is 0 Å². The lowest BCUT2D eigenvalue weighted by atomic mass is 10.1. The average Bonchev–Trinajstić information content (AvgIpc) is 2.38. The molecule has 0 fully saturated rings. The molecule has 0 spiro atoms. The van der Waals surface area contributed by atoms with Crippen LogP contribution in [0.15, 0.2) is 28.9 Å². The largest absolute Gasteiger partial charge is 0.369 e. The van der Waals surface area contributed by atoms with Gasteiger partial charge in [-0.2, -0.15) is 0 Å². The molecule has 19 heavy (non-hydrogen) atoms. The summed E-state index contributed by atoms with van der Waals surface area (Å²) < 4.78 is 13.9. The van der Waals surface area contributed by atoms with Crippen LogP contribution in [0.5, 0.6) is 0 Å². The van der Waals surface area contributed by atoms with Crippen LogP contribution in [-0.2, 0) is 0 Å². The number of hydrogen-bond acceptors (Lipinski definition) is 3. The summed E-state index contributed by atoms with van der Waals surface area (Å²) in [5, 5.41) is 3.23. The fourth-order valence-corrected chi connectivity index (χ4v) is 2.07. The molecule has 1 aromatic carbocycles. The smallest absolute Gasteiger partial charge is 0.161 e. The zero-order chi connectivity index (χ0) is 13.8. The average molecular weight is 324 g/mol. The monoisotopic (exact) mass is 323 g/mol. The predicted molar refractivity (Wildman–Crippen MR) is 78.6 cm³/mol. The van der Waals surface area contributed by atoms with Gasteiger partial charge in [0, 0.05) is 18.3 Å². The standard InChI is InChI=1S/C14H15BrFN3/c1-3-6-17-14-12(15)8-18-13(19-14)11-5-4-10(16)7-9(11)2/h4-5,7-8H,3,6H2,1-2H3,(H,17,18,19). The van der Waals surface area contributed by atoms with Crippen molar-refractivity contribution in [3.05, 3.63) is 40.2 Å². The van der Waals surface area contributed by atoms with Crippen LogP contribution in [-0.4, -0.2) is 16.5 Å². The van der Waals surface area contributed by atoms with Gasteiger partial charge in [0.05, 0.1) is 4.47 Å². The summed E-state index contributed by atoms with van der Waals surface area (Å²) in [5.74, 6) is 1.11. The number of nitrogens with zero attached hydrogens (tertiary/aromatic N) is 2. The lowest BCUT2D eigenvalue weighted by Crippen LogP contribution is -2.04. The van der Waals surface area contributed by atoms with Crippen molar-refractivity contribution < 1.29 is 4.39 Å². The normalized spacial score (nSPS) is 10.5. The van der Waals surface area contributed by atoms with Crippen LogP contribution in [0.2, 0.25) is 0 Å². The molecule has 3 nitrogen and oxygen atoms in total. The maximum Gasteiger partial charge on any atom is 0.161 e. The second-order valence-electron chi connectivity index (χ2n) is 4.28. The number of aromatic nitrogens is 2. The zero-order valence-corrected chi connectivity index (χ0v) is 12.5. The van der Waals surface area contributed by atoms with Crippen LogP contribution < -0.4 is 5.32 Å². The summed E-state index contributed by atoms with van der Waals surface area (Å²) in [6.45, 7) is 4.79. The van der Waals surface area contributed by atoms with Crippen molar-refractivity contribution in [1.29, 1.82) is 0 Å². The molecule has 100 valence electrons. The number of hydrogen-bond donors (Lipinski definition) is 1. The first-order valence-electron chi connectivity index (χ1n) is 6.14. The second-order valence-corrected chi connectivity index (χ2v) is 5.13. The fourth-order valence-electron chi connectivity index (χ4n) is 1.74. The van der Waals surface area contributed by atoms with Gasteiger partial charge in [0.2, 0.25) is 0 Å². The molecular formula is C14H15BrFN3. The maximum absolute atomic E-state index is 13.1. The number of benzene rings is 1. The van der Waals surface area contributed by atoms with Gasteiger partial charge in [0.15, 0.2) is 5.82 Å². The molecule has 0 bridgehead atoms. The highest BCUT2D eigenvalue weighted by molar-refractivity contribution is 9.10. The highest BCUT2D eigenvalue weighted by Gasteiger charge is 2.09. The number of anilines is 1. The maximum atomic E-state index is 13.1. The van der Waals surface area contributed by atoms with E-state index in [1.165, 1.54) is 12.1 Å². The van der Waals surface area contributed by atoms with E-state index >= 15 is 0 Å². The number of aryl methyl sites for hydroxylation is 1. The molecule has 2 rings (SSSR count). The minimum Gasteiger partial charge on any atom is -0.369 e. The molecule has 0 aliphatic carbocycles. The Balaban J connectivity index is 2.39. The van der Waals surface area contributed by atoms with Gasteiger partial charge in [-0.1, -0.05) is 6.92 Å². The van der Waals surface area contributed by atoms with E-state index in [1.54, 1.807) is 12.3 Å². The van der Waals surface area contributed by atoms with Crippen LogP contribution >= 0.6 is 15.9 Å². The lowest BCUT2D eigenvalue weighted by Gasteiger charge is -2.09. The van der Waals surface area contributed by atoms with Crippen molar-refractivity contribution in [2.45, 2.75) is 20.3 Å². The van der Waals surface area contributed by atoms with Crippen molar-refractivity contribution >= 4 is 21.7 Å². The van der Waals surface area contributed by atoms with Crippen LogP contribution in [0.1, 0.15) is 18.9 Å². The zero-order valence-electron chi connectivity index (χ0n) is 10.9. The summed E-state index contributed by atoms with van der Waals surface area (Å²) in [7, 11) is 0. The molecular weight excluding hydrogens is 309 g/mol. The van der Waals surface area contributed by atoms with E-state index in [0.29, 0.717) is 5.82 Å². The molecule has 0 aliphatic heterocycles. The molecule has 0 amide bonds. The molecule has 0 saturated carbocycles. The van der Waals surface area contributed by atoms with Gasteiger partial charge in [-0.05, 0) is 53.0 Å². The second kappa shape index (κ2) is 6.10. The van der Waals surface area contributed by atoms with E-state index in [4.69, 9.17) is 0 Å². The van der Waals surface area contributed by atoms with Crippen LogP contribution in [0.4, 0.5) is 10.2 Å². The Hall–Kier alpha value is -1.49. The van der Waals surface area contributed by atoms with Crippen molar-refractivity contribution in [3.8, 4) is 11.4 Å². The van der Waals surface area contributed by atoms with E-state index in [1.807, 2.05) is 6.92 Å². The Morgan fingerprint density at radius 3 is 2.84 bits per heavy atom. The number of rotatable bonds is 4. The van der Waals surface area contributed by atoms with Gasteiger partial charge in [0.1, 0.15) is 11.6 Å². The Kier molecular flexibility index (Phi) is 4.47. The Labute approximate surface area is 120 Å². The third-order valence-corrected chi connectivity index (χ3v) is 3.30. The van der Waals surface area contributed by atoms with E-state index in [2.05, 4.69) is 38.1 Å². The third-order valence-electron chi connectivity index (χ3n) is 2.72. The third kappa shape index (κ3) is 3.29. The first kappa shape index (κ1) is 13.9. The Morgan fingerprint density at radius 2 is 2.16 bits per heavy atom. The molecule has 1 N–H and O–H groups in total. The quantitative estimate of drug-likeness (QED) is 0.917. The number of nitrogens with one attached hydrogen (secondary N) is 1. The fraction of sp³-hybridized carbons (Fsp3) is 0.286. The Bertz CT molecular complexity index is 587. The molecule has 0 atom stereocenters. The summed E-state index contributed by atoms with van der Waals surface area (Å²) in [6.07, 6.45) is 2.73. The van der Waals surface area contributed by atoms with Gasteiger partial charge >= 0.3 is 0 Å².